The molecule has 0 N–H and O–H groups in total. The highest BCUT2D eigenvalue weighted by Gasteiger charge is 2.18. The summed E-state index contributed by atoms with van der Waals surface area (Å²) in [6.45, 7) is 0. The van der Waals surface area contributed by atoms with Crippen molar-refractivity contribution in [1.82, 2.24) is 4.98 Å². The van der Waals surface area contributed by atoms with Crippen LogP contribution in [0.1, 0.15) is 0 Å². The topological polar surface area (TPSA) is 26.0 Å². The molecular weight excluding hydrogens is 619 g/mol. The van der Waals surface area contributed by atoms with Crippen LogP contribution in [0.3, 0.4) is 0 Å². The fourth-order valence-electron chi connectivity index (χ4n) is 7.53. The third kappa shape index (κ3) is 5.08. The first-order valence-corrected chi connectivity index (χ1v) is 17.4. The van der Waals surface area contributed by atoms with E-state index in [1.54, 1.807) is 0 Å². The first kappa shape index (κ1) is 29.2. The summed E-state index contributed by atoms with van der Waals surface area (Å²) in [5.41, 5.74) is 14.3. The van der Waals surface area contributed by atoms with Gasteiger partial charge in [-0.15, -0.1) is 0 Å². The molecule has 0 aliphatic heterocycles. The van der Waals surface area contributed by atoms with Gasteiger partial charge in [0.1, 0.15) is 11.2 Å². The summed E-state index contributed by atoms with van der Waals surface area (Å²) in [6, 6.07) is 66.9. The zero-order valence-electron chi connectivity index (χ0n) is 27.8. The average Bonchev–Trinajstić information content (AvgIpc) is 3.59. The van der Waals surface area contributed by atoms with Crippen molar-refractivity contribution in [3.8, 4) is 55.8 Å². The number of furan rings is 1. The molecule has 0 aliphatic rings. The van der Waals surface area contributed by atoms with Crippen LogP contribution in [-0.4, -0.2) is 4.98 Å². The zero-order valence-corrected chi connectivity index (χ0v) is 27.8. The lowest BCUT2D eigenvalue weighted by Gasteiger charge is -2.12. The summed E-state index contributed by atoms with van der Waals surface area (Å²) in [6.07, 6.45) is 0. The smallest absolute Gasteiger partial charge is 0.144 e. The standard InChI is InChI=1S/C49H31NO/c1-4-13-32(14-5-1)38-28-39(33-15-6-2-7-16-33)30-40(29-38)36-20-12-19-35(27-36)37-23-26-46-44(31-37)41-24-25-43-47(49(41)51-46)42-21-10-11-22-45(42)50-48(43)34-17-8-3-9-18-34/h1-31H. The van der Waals surface area contributed by atoms with Crippen LogP contribution in [0.4, 0.5) is 0 Å². The zero-order chi connectivity index (χ0) is 33.7. The monoisotopic (exact) mass is 649 g/mol. The van der Waals surface area contributed by atoms with Crippen molar-refractivity contribution in [3.05, 3.63) is 188 Å². The van der Waals surface area contributed by atoms with Gasteiger partial charge in [0, 0.05) is 32.5 Å². The van der Waals surface area contributed by atoms with E-state index < -0.39 is 0 Å². The quantitative estimate of drug-likeness (QED) is 0.173. The molecule has 0 saturated heterocycles. The predicted molar refractivity (Wildman–Crippen MR) is 214 cm³/mol. The minimum Gasteiger partial charge on any atom is -0.455 e. The fraction of sp³-hybridized carbons (Fsp3) is 0. The van der Waals surface area contributed by atoms with Crippen molar-refractivity contribution in [2.45, 2.75) is 0 Å². The Morgan fingerprint density at radius 3 is 1.51 bits per heavy atom. The highest BCUT2D eigenvalue weighted by molar-refractivity contribution is 6.24. The Kier molecular flexibility index (Phi) is 6.85. The lowest BCUT2D eigenvalue weighted by atomic mass is 9.92. The molecule has 0 amide bonds. The van der Waals surface area contributed by atoms with Crippen molar-refractivity contribution in [3.63, 3.8) is 0 Å². The van der Waals surface area contributed by atoms with Gasteiger partial charge in [-0.25, -0.2) is 4.98 Å². The Balaban J connectivity index is 1.12. The van der Waals surface area contributed by atoms with Crippen molar-refractivity contribution in [2.24, 2.45) is 0 Å². The van der Waals surface area contributed by atoms with E-state index in [2.05, 4.69) is 182 Å². The summed E-state index contributed by atoms with van der Waals surface area (Å²) < 4.78 is 6.73. The summed E-state index contributed by atoms with van der Waals surface area (Å²) in [5.74, 6) is 0. The lowest BCUT2D eigenvalue weighted by Crippen LogP contribution is -1.89. The van der Waals surface area contributed by atoms with E-state index in [0.29, 0.717) is 0 Å². The number of fused-ring (bicyclic) bond motifs is 7. The van der Waals surface area contributed by atoms with Crippen molar-refractivity contribution < 1.29 is 4.42 Å². The van der Waals surface area contributed by atoms with E-state index in [9.17, 15) is 0 Å². The molecular formula is C49H31NO. The van der Waals surface area contributed by atoms with Gasteiger partial charge in [0.05, 0.1) is 11.2 Å². The highest BCUT2D eigenvalue weighted by Crippen LogP contribution is 2.42. The Bertz CT molecular complexity index is 2830. The second-order valence-corrected chi connectivity index (χ2v) is 13.1. The molecule has 51 heavy (non-hydrogen) atoms. The van der Waals surface area contributed by atoms with Crippen LogP contribution in [0.2, 0.25) is 0 Å². The molecule has 8 aromatic carbocycles. The number of hydrogen-bond acceptors (Lipinski definition) is 2. The van der Waals surface area contributed by atoms with Crippen LogP contribution in [0.5, 0.6) is 0 Å². The van der Waals surface area contributed by atoms with E-state index in [-0.39, 0.29) is 0 Å². The maximum Gasteiger partial charge on any atom is 0.144 e. The van der Waals surface area contributed by atoms with E-state index in [1.807, 2.05) is 6.07 Å². The van der Waals surface area contributed by atoms with Crippen LogP contribution in [0, 0.1) is 0 Å². The molecule has 2 nitrogen and oxygen atoms in total. The van der Waals surface area contributed by atoms with E-state index in [1.165, 1.54) is 33.4 Å². The maximum absolute atomic E-state index is 6.73. The first-order chi connectivity index (χ1) is 25.3. The molecule has 0 aliphatic carbocycles. The molecule has 0 saturated carbocycles. The van der Waals surface area contributed by atoms with E-state index in [0.717, 1.165) is 66.0 Å². The van der Waals surface area contributed by atoms with Crippen LogP contribution in [0.25, 0.3) is 99.4 Å². The molecule has 0 radical (unpaired) electrons. The molecule has 2 aromatic heterocycles. The minimum absolute atomic E-state index is 0.877. The summed E-state index contributed by atoms with van der Waals surface area (Å²) in [5, 5.41) is 5.50. The lowest BCUT2D eigenvalue weighted by molar-refractivity contribution is 0.673. The average molecular weight is 650 g/mol. The van der Waals surface area contributed by atoms with Crippen molar-refractivity contribution >= 4 is 43.6 Å². The molecule has 10 rings (SSSR count). The normalized spacial score (nSPS) is 11.5. The van der Waals surface area contributed by atoms with Gasteiger partial charge >= 0.3 is 0 Å². The Hall–Kier alpha value is -6.77. The Labute approximate surface area is 295 Å². The van der Waals surface area contributed by atoms with Gasteiger partial charge in [0.2, 0.25) is 0 Å². The van der Waals surface area contributed by atoms with Crippen LogP contribution in [0.15, 0.2) is 192 Å². The predicted octanol–water partition coefficient (Wildman–Crippen LogP) is 13.6. The number of nitrogens with zero attached hydrogens (tertiary/aromatic N) is 1. The molecule has 0 fully saturated rings. The number of rotatable bonds is 5. The second kappa shape index (κ2) is 12.0. The molecule has 2 heterocycles. The molecule has 10 aromatic rings. The molecule has 0 spiro atoms. The van der Waals surface area contributed by atoms with Gasteiger partial charge in [-0.1, -0.05) is 140 Å². The largest absolute Gasteiger partial charge is 0.455 e. The Morgan fingerprint density at radius 1 is 0.314 bits per heavy atom. The van der Waals surface area contributed by atoms with Gasteiger partial charge in [0.15, 0.2) is 0 Å². The highest BCUT2D eigenvalue weighted by atomic mass is 16.3. The van der Waals surface area contributed by atoms with Crippen LogP contribution in [-0.2, 0) is 0 Å². The number of hydrogen-bond donors (Lipinski definition) is 0. The van der Waals surface area contributed by atoms with Gasteiger partial charge in [-0.2, -0.15) is 0 Å². The molecule has 0 unspecified atom stereocenters. The van der Waals surface area contributed by atoms with Gasteiger partial charge in [-0.05, 0) is 93.0 Å². The maximum atomic E-state index is 6.73. The third-order valence-electron chi connectivity index (χ3n) is 10.0. The van der Waals surface area contributed by atoms with Crippen molar-refractivity contribution in [2.75, 3.05) is 0 Å². The molecule has 238 valence electrons. The summed E-state index contributed by atoms with van der Waals surface area (Å²) >= 11 is 0. The molecule has 2 heteroatoms. The number of aromatic nitrogens is 1. The van der Waals surface area contributed by atoms with Crippen LogP contribution < -0.4 is 0 Å². The van der Waals surface area contributed by atoms with E-state index >= 15 is 0 Å². The Morgan fingerprint density at radius 2 is 0.824 bits per heavy atom. The van der Waals surface area contributed by atoms with Gasteiger partial charge in [-0.3, -0.25) is 0 Å². The van der Waals surface area contributed by atoms with E-state index in [4.69, 9.17) is 9.40 Å². The first-order valence-electron chi connectivity index (χ1n) is 17.4. The van der Waals surface area contributed by atoms with Crippen LogP contribution >= 0.6 is 0 Å². The number of pyridine rings is 1. The van der Waals surface area contributed by atoms with Gasteiger partial charge < -0.3 is 4.42 Å². The number of benzene rings is 8. The van der Waals surface area contributed by atoms with Crippen molar-refractivity contribution in [1.29, 1.82) is 0 Å². The minimum atomic E-state index is 0.877. The molecule has 0 bridgehead atoms. The summed E-state index contributed by atoms with van der Waals surface area (Å²) in [4.78, 5) is 5.12. The summed E-state index contributed by atoms with van der Waals surface area (Å²) in [7, 11) is 0. The SMILES string of the molecule is c1ccc(-c2cc(-c3ccccc3)cc(-c3cccc(-c4ccc5oc6c(ccc7c(-c8ccccc8)nc8ccccc8c76)c5c4)c3)c2)cc1. The molecule has 0 atom stereocenters. The third-order valence-corrected chi connectivity index (χ3v) is 10.0. The van der Waals surface area contributed by atoms with Gasteiger partial charge in [0.25, 0.3) is 0 Å². The number of para-hydroxylation sites is 1. The second-order valence-electron chi connectivity index (χ2n) is 13.1. The fourth-order valence-corrected chi connectivity index (χ4v) is 7.53.